The second-order valence-electron chi connectivity index (χ2n) is 21.5. The van der Waals surface area contributed by atoms with Crippen LogP contribution >= 0.6 is 22.7 Å². The molecular formula is C60H66N10O12S2. The molecule has 7 aromatic rings. The van der Waals surface area contributed by atoms with Gasteiger partial charge >= 0.3 is 0 Å². The number of likely N-dealkylation sites (tertiary alicyclic amines) is 1. The first-order valence-corrected chi connectivity index (χ1v) is 29.2. The Morgan fingerprint density at radius 2 is 1.51 bits per heavy atom. The summed E-state index contributed by atoms with van der Waals surface area (Å²) in [6, 6.07) is 21.1. The number of amides is 3. The standard InChI is InChI=1S/C60H66N10O12S2/c1-36-52(84-35-64-36)40-10-11-41(30-63-55(74)47-28-42(71)31-70(47)57(75)53(59(2,3)4)65-58(76)60(34-62)14-15-60)48(27-40)82-25-24-81-23-22-80-21-20-79-19-18-78-17-16-69-32-46(67-68-69)39-12-13-43(49(26-39)77-5)37-6-8-38(9-7-37)45-33-83-56-50(45)51(72)44(29-61)54(73)66-56/h6-13,26-27,32-33,35,42,47,53,71H,14-25,28,30-31H2,1-5H3,(H,63,74)(H,65,76)(H2,66,72,73)/t42-,47+,53-/m1/s1. The summed E-state index contributed by atoms with van der Waals surface area (Å²) in [5.74, 6) is -0.605. The molecule has 1 aliphatic carbocycles. The van der Waals surface area contributed by atoms with E-state index in [0.29, 0.717) is 104 Å². The number of hydrogen-bond acceptors (Lipinski definition) is 19. The predicted molar refractivity (Wildman–Crippen MR) is 313 cm³/mol. The van der Waals surface area contributed by atoms with Crippen LogP contribution in [0.15, 0.2) is 82.5 Å². The van der Waals surface area contributed by atoms with E-state index in [2.05, 4.69) is 37.0 Å². The van der Waals surface area contributed by atoms with Crippen LogP contribution in [-0.2, 0) is 46.4 Å². The molecular weight excluding hydrogens is 1120 g/mol. The first-order chi connectivity index (χ1) is 40.5. The fourth-order valence-electron chi connectivity index (χ4n) is 9.75. The number of methoxy groups -OCH3 is 1. The quantitative estimate of drug-likeness (QED) is 0.0332. The van der Waals surface area contributed by atoms with Gasteiger partial charge in [-0.25, -0.2) is 9.67 Å². The van der Waals surface area contributed by atoms with Crippen molar-refractivity contribution in [1.29, 1.82) is 10.5 Å². The first-order valence-electron chi connectivity index (χ1n) is 27.4. The second kappa shape index (κ2) is 27.1. The number of β-amino-alcohol motifs (C(OH)–C–C–N with tert-alkyl or cyclic N) is 1. The minimum atomic E-state index is -1.14. The van der Waals surface area contributed by atoms with Gasteiger partial charge in [0.2, 0.25) is 17.7 Å². The number of aromatic amines is 1. The topological polar surface area (TPSA) is 298 Å². The predicted octanol–water partition coefficient (Wildman–Crippen LogP) is 6.76. The van der Waals surface area contributed by atoms with Gasteiger partial charge in [0.1, 0.15) is 57.9 Å². The third-order valence-electron chi connectivity index (χ3n) is 14.6. The number of pyridine rings is 1. The van der Waals surface area contributed by atoms with E-state index in [9.17, 15) is 39.9 Å². The smallest absolute Gasteiger partial charge is 0.270 e. The van der Waals surface area contributed by atoms with E-state index in [-0.39, 0.29) is 44.0 Å². The zero-order valence-electron chi connectivity index (χ0n) is 47.3. The number of hydrogen-bond donors (Lipinski definition) is 5. The van der Waals surface area contributed by atoms with Gasteiger partial charge in [-0.15, -0.1) is 27.8 Å². The van der Waals surface area contributed by atoms with Crippen molar-refractivity contribution < 1.29 is 53.0 Å². The molecule has 1 saturated heterocycles. The number of nitrogens with zero attached hydrogens (tertiary/aromatic N) is 7. The highest BCUT2D eigenvalue weighted by Gasteiger charge is 2.53. The lowest BCUT2D eigenvalue weighted by atomic mass is 9.85. The molecule has 2 fully saturated rings. The molecule has 2 aliphatic rings. The Kier molecular flexibility index (Phi) is 19.5. The van der Waals surface area contributed by atoms with Crippen molar-refractivity contribution in [3.63, 3.8) is 0 Å². The van der Waals surface area contributed by atoms with Crippen LogP contribution in [0.2, 0.25) is 0 Å². The molecule has 22 nitrogen and oxygen atoms in total. The lowest BCUT2D eigenvalue weighted by molar-refractivity contribution is -0.144. The summed E-state index contributed by atoms with van der Waals surface area (Å²) in [7, 11) is 1.61. The average Bonchev–Trinajstić information content (AvgIpc) is 2.78. The number of aliphatic hydroxyl groups is 1. The summed E-state index contributed by atoms with van der Waals surface area (Å²) in [6.45, 7) is 10.9. The number of H-pyrrole nitrogens is 1. The fraction of sp³-hybridized carbons (Fsp3) is 0.417. The lowest BCUT2D eigenvalue weighted by Gasteiger charge is -2.35. The number of rotatable bonds is 27. The minimum absolute atomic E-state index is 0.0283. The number of ether oxygens (including phenoxy) is 6. The largest absolute Gasteiger partial charge is 0.506 e. The maximum Gasteiger partial charge on any atom is 0.270 e. The number of thiazole rings is 1. The summed E-state index contributed by atoms with van der Waals surface area (Å²) >= 11 is 2.79. The van der Waals surface area contributed by atoms with Gasteiger partial charge in [-0.3, -0.25) is 19.2 Å². The Bertz CT molecular complexity index is 3630. The molecule has 0 spiro atoms. The molecule has 9 rings (SSSR count). The summed E-state index contributed by atoms with van der Waals surface area (Å²) < 4.78 is 36.7. The molecule has 440 valence electrons. The number of aromatic nitrogens is 5. The van der Waals surface area contributed by atoms with Gasteiger partial charge in [0.05, 0.1) is 106 Å². The van der Waals surface area contributed by atoms with Crippen LogP contribution in [0, 0.1) is 40.4 Å². The number of carbonyl (C=O) groups excluding carboxylic acids is 3. The van der Waals surface area contributed by atoms with Gasteiger partial charge < -0.3 is 59.2 Å². The van der Waals surface area contributed by atoms with Gasteiger partial charge in [-0.05, 0) is 60.1 Å². The van der Waals surface area contributed by atoms with E-state index in [1.807, 2.05) is 79.2 Å². The van der Waals surface area contributed by atoms with E-state index in [1.54, 1.807) is 44.1 Å². The van der Waals surface area contributed by atoms with Gasteiger partial charge in [-0.1, -0.05) is 68.4 Å². The molecule has 5 heterocycles. The Morgan fingerprint density at radius 3 is 2.14 bits per heavy atom. The van der Waals surface area contributed by atoms with Gasteiger partial charge in [0, 0.05) is 47.1 Å². The van der Waals surface area contributed by atoms with Crippen molar-refractivity contribution in [1.82, 2.24) is 40.5 Å². The molecule has 0 unspecified atom stereocenters. The molecule has 5 N–H and O–H groups in total. The minimum Gasteiger partial charge on any atom is -0.506 e. The van der Waals surface area contributed by atoms with Crippen LogP contribution in [0.3, 0.4) is 0 Å². The second-order valence-corrected chi connectivity index (χ2v) is 23.2. The number of fused-ring (bicyclic) bond motifs is 1. The van der Waals surface area contributed by atoms with Gasteiger partial charge in [0.25, 0.3) is 5.56 Å². The Balaban J connectivity index is 0.660. The van der Waals surface area contributed by atoms with Crippen molar-refractivity contribution in [2.75, 3.05) is 73.1 Å². The first kappa shape index (κ1) is 60.5. The van der Waals surface area contributed by atoms with E-state index in [4.69, 9.17) is 28.4 Å². The van der Waals surface area contributed by atoms with Gasteiger partial charge in [0.15, 0.2) is 5.56 Å². The fourth-order valence-corrected chi connectivity index (χ4v) is 11.5. The van der Waals surface area contributed by atoms with E-state index >= 15 is 0 Å². The third-order valence-corrected chi connectivity index (χ3v) is 16.5. The van der Waals surface area contributed by atoms with Crippen molar-refractivity contribution in [2.45, 2.75) is 78.2 Å². The number of benzene rings is 3. The number of aryl methyl sites for hydroxylation is 1. The van der Waals surface area contributed by atoms with E-state index in [1.165, 1.54) is 27.6 Å². The molecule has 0 radical (unpaired) electrons. The highest BCUT2D eigenvalue weighted by Crippen LogP contribution is 2.46. The van der Waals surface area contributed by atoms with Crippen LogP contribution in [0.1, 0.15) is 56.9 Å². The monoisotopic (exact) mass is 1180 g/mol. The van der Waals surface area contributed by atoms with Crippen molar-refractivity contribution >= 4 is 50.6 Å². The van der Waals surface area contributed by atoms with Crippen LogP contribution in [0.5, 0.6) is 17.2 Å². The average molecular weight is 1180 g/mol. The maximum absolute atomic E-state index is 14.1. The summed E-state index contributed by atoms with van der Waals surface area (Å²) in [4.78, 5) is 63.0. The summed E-state index contributed by atoms with van der Waals surface area (Å²) in [5.41, 5.74) is 6.19. The highest BCUT2D eigenvalue weighted by atomic mass is 32.1. The Hall–Kier alpha value is -8.07. The summed E-state index contributed by atoms with van der Waals surface area (Å²) in [5, 5.41) is 57.0. The van der Waals surface area contributed by atoms with Gasteiger partial charge in [-0.2, -0.15) is 10.5 Å². The zero-order chi connectivity index (χ0) is 59.5. The molecule has 1 aliphatic heterocycles. The number of nitriles is 2. The number of aliphatic hydroxyl groups excluding tert-OH is 1. The van der Waals surface area contributed by atoms with Crippen LogP contribution in [0.4, 0.5) is 0 Å². The maximum atomic E-state index is 14.1. The highest BCUT2D eigenvalue weighted by molar-refractivity contribution is 7.17. The molecule has 4 aromatic heterocycles. The molecule has 24 heteroatoms. The molecule has 3 amide bonds. The molecule has 3 atom stereocenters. The lowest BCUT2D eigenvalue weighted by Crippen LogP contribution is -2.58. The Morgan fingerprint density at radius 1 is 0.869 bits per heavy atom. The summed E-state index contributed by atoms with van der Waals surface area (Å²) in [6.07, 6.45) is 1.78. The molecule has 1 saturated carbocycles. The van der Waals surface area contributed by atoms with Crippen LogP contribution < -0.4 is 25.7 Å². The normalized spacial score (nSPS) is 15.8. The zero-order valence-corrected chi connectivity index (χ0v) is 48.9. The molecule has 84 heavy (non-hydrogen) atoms. The number of carbonyl (C=O) groups is 3. The Labute approximate surface area is 492 Å². The third kappa shape index (κ3) is 14.1. The molecule has 3 aromatic carbocycles. The van der Waals surface area contributed by atoms with E-state index in [0.717, 1.165) is 38.4 Å². The van der Waals surface area contributed by atoms with Crippen LogP contribution in [0.25, 0.3) is 54.2 Å². The van der Waals surface area contributed by atoms with Crippen molar-refractivity contribution in [3.8, 4) is 73.3 Å². The number of nitrogens with one attached hydrogen (secondary N) is 3. The SMILES string of the molecule is COc1cc(-c2cn(CCOCCOCCOCCOCCOc3cc(-c4scnc4C)ccc3CNC(=O)[C@@H]3C[C@@H](O)CN3C(=O)[C@@H](NC(=O)C3(C#N)CC3)C(C)(C)C)nn2)ccc1-c1ccc(-c2csc3[nH]c(=O)c(C#N)c(O)c23)cc1. The van der Waals surface area contributed by atoms with Crippen molar-refractivity contribution in [3.05, 3.63) is 105 Å². The number of aromatic hydroxyl groups is 1. The number of thiophene rings is 1. The molecule has 0 bridgehead atoms. The van der Waals surface area contributed by atoms with E-state index < -0.39 is 52.3 Å². The van der Waals surface area contributed by atoms with Crippen molar-refractivity contribution in [2.24, 2.45) is 10.8 Å². The van der Waals surface area contributed by atoms with Crippen LogP contribution in [-0.4, -0.2) is 149 Å².